The molecule has 1 rings (SSSR count). The molecule has 0 amide bonds. The SMILES string of the molecule is CCC(Nc1cc(OC)ccc1N)C(C)C. The molecule has 1 aromatic carbocycles. The Morgan fingerprint density at radius 2 is 2.06 bits per heavy atom. The van der Waals surface area contributed by atoms with Gasteiger partial charge in [0, 0.05) is 12.1 Å². The number of methoxy groups -OCH3 is 1. The Labute approximate surface area is 98.0 Å². The van der Waals surface area contributed by atoms with Gasteiger partial charge in [-0.05, 0) is 24.5 Å². The van der Waals surface area contributed by atoms with Crippen LogP contribution < -0.4 is 15.8 Å². The molecule has 0 heterocycles. The maximum atomic E-state index is 5.93. The van der Waals surface area contributed by atoms with E-state index in [1.165, 1.54) is 0 Å². The van der Waals surface area contributed by atoms with Crippen LogP contribution in [0.4, 0.5) is 11.4 Å². The van der Waals surface area contributed by atoms with Crippen molar-refractivity contribution >= 4 is 11.4 Å². The lowest BCUT2D eigenvalue weighted by molar-refractivity contribution is 0.415. The lowest BCUT2D eigenvalue weighted by Gasteiger charge is -2.23. The highest BCUT2D eigenvalue weighted by Crippen LogP contribution is 2.26. The van der Waals surface area contributed by atoms with E-state index in [0.29, 0.717) is 12.0 Å². The first-order chi connectivity index (χ1) is 7.58. The number of anilines is 2. The van der Waals surface area contributed by atoms with Crippen LogP contribution in [0.1, 0.15) is 27.2 Å². The average molecular weight is 222 g/mol. The van der Waals surface area contributed by atoms with E-state index in [1.54, 1.807) is 7.11 Å². The topological polar surface area (TPSA) is 47.3 Å². The normalized spacial score (nSPS) is 12.6. The molecule has 1 aromatic rings. The number of hydrogen-bond acceptors (Lipinski definition) is 3. The Morgan fingerprint density at radius 3 is 2.56 bits per heavy atom. The zero-order chi connectivity index (χ0) is 12.1. The molecule has 0 fully saturated rings. The summed E-state index contributed by atoms with van der Waals surface area (Å²) in [6.45, 7) is 6.59. The van der Waals surface area contributed by atoms with Crippen molar-refractivity contribution < 1.29 is 4.74 Å². The van der Waals surface area contributed by atoms with Gasteiger partial charge in [-0.3, -0.25) is 0 Å². The van der Waals surface area contributed by atoms with Gasteiger partial charge in [0.25, 0.3) is 0 Å². The number of nitrogens with one attached hydrogen (secondary N) is 1. The Balaban J connectivity index is 2.86. The predicted octanol–water partition coefficient (Wildman–Crippen LogP) is 3.12. The minimum Gasteiger partial charge on any atom is -0.497 e. The Bertz CT molecular complexity index is 337. The van der Waals surface area contributed by atoms with Crippen molar-refractivity contribution in [3.63, 3.8) is 0 Å². The van der Waals surface area contributed by atoms with Gasteiger partial charge in [-0.15, -0.1) is 0 Å². The molecule has 0 bridgehead atoms. The van der Waals surface area contributed by atoms with Gasteiger partial charge in [0.2, 0.25) is 0 Å². The van der Waals surface area contributed by atoms with Crippen LogP contribution in [-0.2, 0) is 0 Å². The van der Waals surface area contributed by atoms with Gasteiger partial charge in [0.05, 0.1) is 18.5 Å². The average Bonchev–Trinajstić information content (AvgIpc) is 2.27. The fourth-order valence-corrected chi connectivity index (χ4v) is 1.73. The summed E-state index contributed by atoms with van der Waals surface area (Å²) in [6.07, 6.45) is 1.08. The van der Waals surface area contributed by atoms with Crippen LogP contribution in [0.3, 0.4) is 0 Å². The van der Waals surface area contributed by atoms with E-state index in [4.69, 9.17) is 10.5 Å². The molecule has 1 atom stereocenters. The molecule has 90 valence electrons. The van der Waals surface area contributed by atoms with Crippen LogP contribution in [0.2, 0.25) is 0 Å². The van der Waals surface area contributed by atoms with Gasteiger partial charge in [-0.25, -0.2) is 0 Å². The fraction of sp³-hybridized carbons (Fsp3) is 0.538. The third-order valence-electron chi connectivity index (χ3n) is 2.85. The van der Waals surface area contributed by atoms with E-state index in [2.05, 4.69) is 26.1 Å². The van der Waals surface area contributed by atoms with Gasteiger partial charge < -0.3 is 15.8 Å². The summed E-state index contributed by atoms with van der Waals surface area (Å²) in [5, 5.41) is 3.47. The third kappa shape index (κ3) is 3.05. The van der Waals surface area contributed by atoms with Crippen molar-refractivity contribution in [3.8, 4) is 5.75 Å². The molecular weight excluding hydrogens is 200 g/mol. The van der Waals surface area contributed by atoms with E-state index in [1.807, 2.05) is 18.2 Å². The zero-order valence-electron chi connectivity index (χ0n) is 10.6. The lowest BCUT2D eigenvalue weighted by Crippen LogP contribution is -2.25. The van der Waals surface area contributed by atoms with E-state index in [0.717, 1.165) is 23.5 Å². The standard InChI is InChI=1S/C13H22N2O/c1-5-12(9(2)3)15-13-8-10(16-4)6-7-11(13)14/h6-9,12,15H,5,14H2,1-4H3. The number of rotatable bonds is 5. The molecule has 0 aliphatic rings. The second-order valence-electron chi connectivity index (χ2n) is 4.36. The zero-order valence-corrected chi connectivity index (χ0v) is 10.6. The minimum atomic E-state index is 0.439. The van der Waals surface area contributed by atoms with E-state index in [9.17, 15) is 0 Å². The van der Waals surface area contributed by atoms with Crippen LogP contribution in [0.15, 0.2) is 18.2 Å². The molecule has 0 aromatic heterocycles. The molecule has 1 unspecified atom stereocenters. The molecule has 0 radical (unpaired) electrons. The number of ether oxygens (including phenoxy) is 1. The van der Waals surface area contributed by atoms with Crippen molar-refractivity contribution in [2.75, 3.05) is 18.2 Å². The molecule has 16 heavy (non-hydrogen) atoms. The van der Waals surface area contributed by atoms with Crippen LogP contribution in [0, 0.1) is 5.92 Å². The summed E-state index contributed by atoms with van der Waals surface area (Å²) >= 11 is 0. The van der Waals surface area contributed by atoms with Crippen LogP contribution in [0.25, 0.3) is 0 Å². The van der Waals surface area contributed by atoms with Gasteiger partial charge >= 0.3 is 0 Å². The predicted molar refractivity (Wildman–Crippen MR) is 69.9 cm³/mol. The maximum absolute atomic E-state index is 5.93. The van der Waals surface area contributed by atoms with Crippen molar-refractivity contribution in [2.24, 2.45) is 5.92 Å². The van der Waals surface area contributed by atoms with Crippen molar-refractivity contribution in [1.29, 1.82) is 0 Å². The second kappa shape index (κ2) is 5.64. The van der Waals surface area contributed by atoms with Crippen LogP contribution in [-0.4, -0.2) is 13.2 Å². The van der Waals surface area contributed by atoms with Gasteiger partial charge in [-0.1, -0.05) is 20.8 Å². The summed E-state index contributed by atoms with van der Waals surface area (Å²) in [4.78, 5) is 0. The molecule has 0 saturated heterocycles. The molecule has 3 N–H and O–H groups in total. The van der Waals surface area contributed by atoms with E-state index in [-0.39, 0.29) is 0 Å². The first-order valence-corrected chi connectivity index (χ1v) is 5.78. The Hall–Kier alpha value is -1.38. The molecule has 3 heteroatoms. The van der Waals surface area contributed by atoms with Crippen molar-refractivity contribution in [3.05, 3.63) is 18.2 Å². The first-order valence-electron chi connectivity index (χ1n) is 5.78. The summed E-state index contributed by atoms with van der Waals surface area (Å²) < 4.78 is 5.19. The highest BCUT2D eigenvalue weighted by molar-refractivity contribution is 5.68. The second-order valence-corrected chi connectivity index (χ2v) is 4.36. The quantitative estimate of drug-likeness (QED) is 0.752. The number of benzene rings is 1. The molecular formula is C13H22N2O. The van der Waals surface area contributed by atoms with E-state index >= 15 is 0 Å². The largest absolute Gasteiger partial charge is 0.497 e. The molecule has 0 aliphatic heterocycles. The van der Waals surface area contributed by atoms with Crippen LogP contribution >= 0.6 is 0 Å². The maximum Gasteiger partial charge on any atom is 0.121 e. The smallest absolute Gasteiger partial charge is 0.121 e. The lowest BCUT2D eigenvalue weighted by atomic mass is 10.0. The van der Waals surface area contributed by atoms with Crippen molar-refractivity contribution in [1.82, 2.24) is 0 Å². The van der Waals surface area contributed by atoms with Gasteiger partial charge in [-0.2, -0.15) is 0 Å². The van der Waals surface area contributed by atoms with Crippen LogP contribution in [0.5, 0.6) is 5.75 Å². The highest BCUT2D eigenvalue weighted by atomic mass is 16.5. The third-order valence-corrected chi connectivity index (χ3v) is 2.85. The summed E-state index contributed by atoms with van der Waals surface area (Å²) in [5.74, 6) is 1.41. The van der Waals surface area contributed by atoms with Gasteiger partial charge in [0.1, 0.15) is 5.75 Å². The first kappa shape index (κ1) is 12.7. The Morgan fingerprint density at radius 1 is 1.38 bits per heavy atom. The molecule has 0 saturated carbocycles. The monoisotopic (exact) mass is 222 g/mol. The van der Waals surface area contributed by atoms with Crippen molar-refractivity contribution in [2.45, 2.75) is 33.2 Å². The van der Waals surface area contributed by atoms with E-state index < -0.39 is 0 Å². The number of nitrogen functional groups attached to an aromatic ring is 1. The number of hydrogen-bond donors (Lipinski definition) is 2. The fourth-order valence-electron chi connectivity index (χ4n) is 1.73. The molecule has 3 nitrogen and oxygen atoms in total. The molecule has 0 spiro atoms. The highest BCUT2D eigenvalue weighted by Gasteiger charge is 2.12. The Kier molecular flexibility index (Phi) is 4.47. The molecule has 0 aliphatic carbocycles. The number of nitrogens with two attached hydrogens (primary N) is 1. The van der Waals surface area contributed by atoms with Gasteiger partial charge in [0.15, 0.2) is 0 Å². The summed E-state index contributed by atoms with van der Waals surface area (Å²) in [6, 6.07) is 6.13. The summed E-state index contributed by atoms with van der Waals surface area (Å²) in [7, 11) is 1.66. The minimum absolute atomic E-state index is 0.439. The summed E-state index contributed by atoms with van der Waals surface area (Å²) in [5.41, 5.74) is 7.65.